The lowest BCUT2D eigenvalue weighted by Crippen LogP contribution is -2.30. The first-order valence-corrected chi connectivity index (χ1v) is 8.26. The average molecular weight is 302 g/mol. The minimum atomic E-state index is 0.112. The lowest BCUT2D eigenvalue weighted by Gasteiger charge is -2.17. The van der Waals surface area contributed by atoms with Crippen molar-refractivity contribution >= 4 is 17.2 Å². The zero-order chi connectivity index (χ0) is 15.2. The minimum Gasteiger partial charge on any atom is -0.338 e. The highest BCUT2D eigenvalue weighted by molar-refractivity contribution is 7.13. The van der Waals surface area contributed by atoms with Crippen molar-refractivity contribution < 1.29 is 4.79 Å². The molecule has 0 spiro atoms. The summed E-state index contributed by atoms with van der Waals surface area (Å²) in [6.07, 6.45) is 1.85. The van der Waals surface area contributed by atoms with Gasteiger partial charge in [0.15, 0.2) is 0 Å². The van der Waals surface area contributed by atoms with Crippen LogP contribution in [0.15, 0.2) is 30.3 Å². The number of benzene rings is 1. The Morgan fingerprint density at radius 1 is 1.14 bits per heavy atom. The van der Waals surface area contributed by atoms with Crippen LogP contribution >= 0.6 is 11.3 Å². The molecule has 4 heteroatoms. The van der Waals surface area contributed by atoms with Crippen LogP contribution in [0.5, 0.6) is 0 Å². The van der Waals surface area contributed by atoms with E-state index >= 15 is 0 Å². The number of carbonyl (C=O) groups is 1. The Bertz CT molecular complexity index is 588. The van der Waals surface area contributed by atoms with Crippen LogP contribution in [-0.2, 0) is 12.8 Å². The zero-order valence-electron chi connectivity index (χ0n) is 12.9. The monoisotopic (exact) mass is 302 g/mol. The average Bonchev–Trinajstić information content (AvgIpc) is 2.88. The highest BCUT2D eigenvalue weighted by Crippen LogP contribution is 2.21. The molecule has 1 aromatic heterocycles. The first kappa shape index (κ1) is 15.7. The van der Waals surface area contributed by atoms with E-state index in [1.165, 1.54) is 5.56 Å². The Kier molecular flexibility index (Phi) is 5.51. The van der Waals surface area contributed by atoms with Crippen LogP contribution in [0.1, 0.15) is 39.8 Å². The van der Waals surface area contributed by atoms with Gasteiger partial charge in [-0.1, -0.05) is 30.3 Å². The quantitative estimate of drug-likeness (QED) is 0.815. The molecule has 0 atom stereocenters. The van der Waals surface area contributed by atoms with E-state index < -0.39 is 0 Å². The molecule has 21 heavy (non-hydrogen) atoms. The number of thiazole rings is 1. The number of rotatable bonds is 6. The summed E-state index contributed by atoms with van der Waals surface area (Å²) in [5, 5.41) is 1.05. The molecular weight excluding hydrogens is 280 g/mol. The molecule has 2 rings (SSSR count). The maximum Gasteiger partial charge on any atom is 0.265 e. The van der Waals surface area contributed by atoms with E-state index in [4.69, 9.17) is 0 Å². The van der Waals surface area contributed by atoms with Crippen LogP contribution in [0.4, 0.5) is 0 Å². The Morgan fingerprint density at radius 3 is 2.43 bits per heavy atom. The lowest BCUT2D eigenvalue weighted by atomic mass is 10.1. The normalized spacial score (nSPS) is 10.6. The number of aryl methyl sites for hydroxylation is 3. The Balaban J connectivity index is 2.07. The number of hydrogen-bond acceptors (Lipinski definition) is 3. The molecule has 0 saturated heterocycles. The van der Waals surface area contributed by atoms with Crippen LogP contribution in [0.3, 0.4) is 0 Å². The molecule has 0 unspecified atom stereocenters. The minimum absolute atomic E-state index is 0.112. The first-order chi connectivity index (χ1) is 10.2. The molecule has 0 fully saturated rings. The molecule has 0 aliphatic rings. The summed E-state index contributed by atoms with van der Waals surface area (Å²) in [5.74, 6) is 0.112. The second kappa shape index (κ2) is 7.36. The third-order valence-corrected chi connectivity index (χ3v) is 4.76. The summed E-state index contributed by atoms with van der Waals surface area (Å²) < 4.78 is 0. The number of nitrogens with zero attached hydrogens (tertiary/aromatic N) is 2. The van der Waals surface area contributed by atoms with E-state index in [1.54, 1.807) is 11.3 Å². The van der Waals surface area contributed by atoms with Crippen molar-refractivity contribution in [1.82, 2.24) is 9.88 Å². The van der Waals surface area contributed by atoms with E-state index in [1.807, 2.05) is 31.7 Å². The molecule has 3 nitrogen and oxygen atoms in total. The van der Waals surface area contributed by atoms with Crippen molar-refractivity contribution in [2.24, 2.45) is 0 Å². The van der Waals surface area contributed by atoms with Crippen molar-refractivity contribution in [2.45, 2.75) is 33.6 Å². The highest BCUT2D eigenvalue weighted by Gasteiger charge is 2.19. The fourth-order valence-electron chi connectivity index (χ4n) is 2.31. The van der Waals surface area contributed by atoms with Gasteiger partial charge in [-0.15, -0.1) is 11.3 Å². The molecule has 0 bridgehead atoms. The largest absolute Gasteiger partial charge is 0.338 e. The molecule has 2 aromatic rings. The second-order valence-electron chi connectivity index (χ2n) is 4.99. The predicted molar refractivity (Wildman–Crippen MR) is 88.0 cm³/mol. The summed E-state index contributed by atoms with van der Waals surface area (Å²) in [4.78, 5) is 19.6. The maximum atomic E-state index is 12.4. The summed E-state index contributed by atoms with van der Waals surface area (Å²) in [6, 6.07) is 10.4. The SMILES string of the molecule is CCN(CC)C(=O)c1sc(CCc2ccccc2)nc1C. The Morgan fingerprint density at radius 2 is 1.81 bits per heavy atom. The molecular formula is C17H22N2OS. The van der Waals surface area contributed by atoms with Crippen LogP contribution in [-0.4, -0.2) is 28.9 Å². The molecule has 0 N–H and O–H groups in total. The lowest BCUT2D eigenvalue weighted by molar-refractivity contribution is 0.0777. The summed E-state index contributed by atoms with van der Waals surface area (Å²) in [6.45, 7) is 7.43. The molecule has 1 amide bonds. The van der Waals surface area contributed by atoms with Gasteiger partial charge in [0.2, 0.25) is 0 Å². The van der Waals surface area contributed by atoms with Gasteiger partial charge < -0.3 is 4.90 Å². The van der Waals surface area contributed by atoms with Crippen molar-refractivity contribution in [1.29, 1.82) is 0 Å². The topological polar surface area (TPSA) is 33.2 Å². The molecule has 0 aliphatic carbocycles. The van der Waals surface area contributed by atoms with Crippen molar-refractivity contribution in [3.05, 3.63) is 51.5 Å². The standard InChI is InChI=1S/C17H22N2OS/c1-4-19(5-2)17(20)16-13(3)18-15(21-16)12-11-14-9-7-6-8-10-14/h6-10H,4-5,11-12H2,1-3H3. The Hall–Kier alpha value is -1.68. The second-order valence-corrected chi connectivity index (χ2v) is 6.07. The zero-order valence-corrected chi connectivity index (χ0v) is 13.7. The van der Waals surface area contributed by atoms with E-state index in [0.29, 0.717) is 0 Å². The Labute approximate surface area is 130 Å². The van der Waals surface area contributed by atoms with Crippen LogP contribution in [0.2, 0.25) is 0 Å². The first-order valence-electron chi connectivity index (χ1n) is 7.45. The van der Waals surface area contributed by atoms with Gasteiger partial charge in [0.05, 0.1) is 10.7 Å². The van der Waals surface area contributed by atoms with Gasteiger partial charge in [-0.2, -0.15) is 0 Å². The van der Waals surface area contributed by atoms with Gasteiger partial charge >= 0.3 is 0 Å². The summed E-state index contributed by atoms with van der Waals surface area (Å²) in [7, 11) is 0. The van der Waals surface area contributed by atoms with E-state index in [2.05, 4.69) is 29.2 Å². The third-order valence-electron chi connectivity index (χ3n) is 3.56. The van der Waals surface area contributed by atoms with Crippen LogP contribution < -0.4 is 0 Å². The third kappa shape index (κ3) is 3.91. The van der Waals surface area contributed by atoms with Gasteiger partial charge in [0, 0.05) is 19.5 Å². The predicted octanol–water partition coefficient (Wildman–Crippen LogP) is 3.72. The molecule has 0 radical (unpaired) electrons. The number of aromatic nitrogens is 1. The van der Waals surface area contributed by atoms with Gasteiger partial charge in [-0.3, -0.25) is 4.79 Å². The van der Waals surface area contributed by atoms with E-state index in [9.17, 15) is 4.79 Å². The van der Waals surface area contributed by atoms with E-state index in [0.717, 1.165) is 41.5 Å². The van der Waals surface area contributed by atoms with Crippen molar-refractivity contribution in [2.75, 3.05) is 13.1 Å². The fourth-order valence-corrected chi connectivity index (χ4v) is 3.34. The number of carbonyl (C=O) groups excluding carboxylic acids is 1. The van der Waals surface area contributed by atoms with Crippen LogP contribution in [0, 0.1) is 6.92 Å². The van der Waals surface area contributed by atoms with Gasteiger partial charge in [-0.25, -0.2) is 4.98 Å². The van der Waals surface area contributed by atoms with Gasteiger partial charge in [-0.05, 0) is 32.8 Å². The summed E-state index contributed by atoms with van der Waals surface area (Å²) >= 11 is 1.54. The molecule has 1 aromatic carbocycles. The highest BCUT2D eigenvalue weighted by atomic mass is 32.1. The molecule has 0 aliphatic heterocycles. The molecule has 112 valence electrons. The van der Waals surface area contributed by atoms with Crippen LogP contribution in [0.25, 0.3) is 0 Å². The smallest absolute Gasteiger partial charge is 0.265 e. The fraction of sp³-hybridized carbons (Fsp3) is 0.412. The van der Waals surface area contributed by atoms with Crippen molar-refractivity contribution in [3.63, 3.8) is 0 Å². The van der Waals surface area contributed by atoms with Gasteiger partial charge in [0.1, 0.15) is 4.88 Å². The van der Waals surface area contributed by atoms with Gasteiger partial charge in [0.25, 0.3) is 5.91 Å². The molecule has 0 saturated carbocycles. The molecule has 1 heterocycles. The number of amides is 1. The number of hydrogen-bond donors (Lipinski definition) is 0. The summed E-state index contributed by atoms with van der Waals surface area (Å²) in [5.41, 5.74) is 2.17. The van der Waals surface area contributed by atoms with Crippen molar-refractivity contribution in [3.8, 4) is 0 Å². The van der Waals surface area contributed by atoms with E-state index in [-0.39, 0.29) is 5.91 Å². The maximum absolute atomic E-state index is 12.4.